The standard InChI is InChI=1S/C20H18N2O7S/c1-22-18(24)13(17(23)21-20(22)30)8-11-4-6-14(16(9-11)26-2)28-10-12-5-7-15(29-12)19(25)27-3/h4-9H,10H2,1-3H3,(H,21,23,30). The minimum Gasteiger partial charge on any atom is -0.493 e. The van der Waals surface area contributed by atoms with Gasteiger partial charge in [0.15, 0.2) is 16.6 Å². The number of methoxy groups -OCH3 is 2. The van der Waals surface area contributed by atoms with Crippen molar-refractivity contribution in [3.8, 4) is 11.5 Å². The molecule has 1 aromatic carbocycles. The van der Waals surface area contributed by atoms with E-state index in [9.17, 15) is 14.4 Å². The van der Waals surface area contributed by atoms with Crippen molar-refractivity contribution >= 4 is 41.2 Å². The van der Waals surface area contributed by atoms with E-state index >= 15 is 0 Å². The largest absolute Gasteiger partial charge is 0.493 e. The number of hydrogen-bond donors (Lipinski definition) is 1. The Balaban J connectivity index is 1.77. The van der Waals surface area contributed by atoms with E-state index in [4.69, 9.17) is 26.1 Å². The SMILES string of the molecule is COC(=O)c1ccc(COc2ccc(C=C3C(=O)NC(=S)N(C)C3=O)cc2OC)o1. The molecule has 0 spiro atoms. The third-order valence-corrected chi connectivity index (χ3v) is 4.60. The zero-order chi connectivity index (χ0) is 21.8. The summed E-state index contributed by atoms with van der Waals surface area (Å²) in [5, 5.41) is 2.50. The number of esters is 1. The average Bonchev–Trinajstić information content (AvgIpc) is 3.22. The fourth-order valence-electron chi connectivity index (χ4n) is 2.62. The summed E-state index contributed by atoms with van der Waals surface area (Å²) in [4.78, 5) is 37.0. The highest BCUT2D eigenvalue weighted by Gasteiger charge is 2.30. The summed E-state index contributed by atoms with van der Waals surface area (Å²) < 4.78 is 21.0. The van der Waals surface area contributed by atoms with Gasteiger partial charge >= 0.3 is 5.97 Å². The molecule has 0 unspecified atom stereocenters. The lowest BCUT2D eigenvalue weighted by Crippen LogP contribution is -2.52. The molecule has 2 aromatic rings. The van der Waals surface area contributed by atoms with E-state index in [2.05, 4.69) is 10.1 Å². The lowest BCUT2D eigenvalue weighted by atomic mass is 10.1. The first-order valence-electron chi connectivity index (χ1n) is 8.67. The molecular formula is C20H18N2O7S. The molecule has 2 heterocycles. The summed E-state index contributed by atoms with van der Waals surface area (Å²) in [5.74, 6) is -0.352. The van der Waals surface area contributed by atoms with E-state index in [-0.39, 0.29) is 23.1 Å². The Morgan fingerprint density at radius 1 is 1.20 bits per heavy atom. The predicted octanol–water partition coefficient (Wildman–Crippen LogP) is 1.91. The van der Waals surface area contributed by atoms with Gasteiger partial charge in [0.25, 0.3) is 11.8 Å². The van der Waals surface area contributed by atoms with E-state index in [1.807, 2.05) is 0 Å². The Hall–Kier alpha value is -3.66. The number of benzene rings is 1. The van der Waals surface area contributed by atoms with Crippen molar-refractivity contribution in [2.45, 2.75) is 6.61 Å². The summed E-state index contributed by atoms with van der Waals surface area (Å²) in [6, 6.07) is 8.02. The fraction of sp³-hybridized carbons (Fsp3) is 0.200. The van der Waals surface area contributed by atoms with Crippen LogP contribution in [-0.2, 0) is 20.9 Å². The summed E-state index contributed by atoms with van der Waals surface area (Å²) >= 11 is 4.92. The van der Waals surface area contributed by atoms with Crippen LogP contribution in [0.3, 0.4) is 0 Å². The fourth-order valence-corrected chi connectivity index (χ4v) is 2.80. The van der Waals surface area contributed by atoms with E-state index in [0.717, 1.165) is 0 Å². The molecule has 1 aliphatic rings. The van der Waals surface area contributed by atoms with Crippen LogP contribution in [0.5, 0.6) is 11.5 Å². The number of amides is 2. The molecule has 2 amide bonds. The maximum absolute atomic E-state index is 12.3. The number of likely N-dealkylation sites (N-methyl/N-ethyl adjacent to an activating group) is 1. The third kappa shape index (κ3) is 4.33. The van der Waals surface area contributed by atoms with E-state index in [1.165, 1.54) is 38.3 Å². The van der Waals surface area contributed by atoms with Gasteiger partial charge in [0.1, 0.15) is 17.9 Å². The van der Waals surface area contributed by atoms with Crippen LogP contribution in [0.1, 0.15) is 21.9 Å². The smallest absolute Gasteiger partial charge is 0.373 e. The molecular weight excluding hydrogens is 412 g/mol. The van der Waals surface area contributed by atoms with Crippen molar-refractivity contribution in [2.24, 2.45) is 0 Å². The first-order chi connectivity index (χ1) is 14.3. The number of carbonyl (C=O) groups is 3. The Labute approximate surface area is 177 Å². The Morgan fingerprint density at radius 2 is 1.97 bits per heavy atom. The number of thiocarbonyl (C=S) groups is 1. The maximum Gasteiger partial charge on any atom is 0.373 e. The van der Waals surface area contributed by atoms with Gasteiger partial charge in [0.05, 0.1) is 14.2 Å². The molecule has 0 saturated carbocycles. The zero-order valence-corrected chi connectivity index (χ0v) is 17.2. The minimum atomic E-state index is -0.580. The number of hydrogen-bond acceptors (Lipinski definition) is 8. The molecule has 30 heavy (non-hydrogen) atoms. The Bertz CT molecular complexity index is 1060. The van der Waals surface area contributed by atoms with Crippen LogP contribution in [0, 0.1) is 0 Å². The topological polar surface area (TPSA) is 107 Å². The third-order valence-electron chi connectivity index (χ3n) is 4.22. The average molecular weight is 430 g/mol. The number of ether oxygens (including phenoxy) is 3. The lowest BCUT2D eigenvalue weighted by Gasteiger charge is -2.25. The number of carbonyl (C=O) groups excluding carboxylic acids is 3. The summed E-state index contributed by atoms with van der Waals surface area (Å²) in [5.41, 5.74) is 0.512. The second-order valence-electron chi connectivity index (χ2n) is 6.14. The zero-order valence-electron chi connectivity index (χ0n) is 16.4. The molecule has 10 heteroatoms. The van der Waals surface area contributed by atoms with Gasteiger partial charge in [-0.15, -0.1) is 0 Å². The molecule has 3 rings (SSSR count). The van der Waals surface area contributed by atoms with Crippen molar-refractivity contribution in [2.75, 3.05) is 21.3 Å². The second-order valence-corrected chi connectivity index (χ2v) is 6.52. The number of furan rings is 1. The first kappa shape index (κ1) is 21.1. The van der Waals surface area contributed by atoms with Crippen molar-refractivity contribution in [1.29, 1.82) is 0 Å². The number of nitrogens with one attached hydrogen (secondary N) is 1. The van der Waals surface area contributed by atoms with E-state index in [1.54, 1.807) is 24.3 Å². The van der Waals surface area contributed by atoms with Crippen LogP contribution in [0.2, 0.25) is 0 Å². The van der Waals surface area contributed by atoms with Gasteiger partial charge in [-0.25, -0.2) is 4.79 Å². The van der Waals surface area contributed by atoms with Gasteiger partial charge in [-0.05, 0) is 48.1 Å². The molecule has 1 saturated heterocycles. The van der Waals surface area contributed by atoms with Gasteiger partial charge < -0.3 is 18.6 Å². The molecule has 0 atom stereocenters. The summed E-state index contributed by atoms with van der Waals surface area (Å²) in [7, 11) is 4.21. The molecule has 0 bridgehead atoms. The van der Waals surface area contributed by atoms with Crippen molar-refractivity contribution in [3.63, 3.8) is 0 Å². The van der Waals surface area contributed by atoms with Crippen LogP contribution in [-0.4, -0.2) is 49.1 Å². The van der Waals surface area contributed by atoms with Crippen LogP contribution < -0.4 is 14.8 Å². The monoisotopic (exact) mass is 430 g/mol. The summed E-state index contributed by atoms with van der Waals surface area (Å²) in [6.07, 6.45) is 1.44. The van der Waals surface area contributed by atoms with Crippen molar-refractivity contribution in [1.82, 2.24) is 10.2 Å². The second kappa shape index (κ2) is 8.78. The highest BCUT2D eigenvalue weighted by molar-refractivity contribution is 7.80. The number of rotatable bonds is 6. The molecule has 1 aliphatic heterocycles. The number of nitrogens with zero attached hydrogens (tertiary/aromatic N) is 1. The van der Waals surface area contributed by atoms with Gasteiger partial charge in [-0.1, -0.05) is 6.07 Å². The predicted molar refractivity (Wildman–Crippen MR) is 109 cm³/mol. The van der Waals surface area contributed by atoms with Crippen molar-refractivity contribution < 1.29 is 33.0 Å². The molecule has 0 radical (unpaired) electrons. The highest BCUT2D eigenvalue weighted by Crippen LogP contribution is 2.30. The van der Waals surface area contributed by atoms with Gasteiger partial charge in [-0.2, -0.15) is 0 Å². The Morgan fingerprint density at radius 3 is 2.67 bits per heavy atom. The van der Waals surface area contributed by atoms with E-state index < -0.39 is 17.8 Å². The van der Waals surface area contributed by atoms with Gasteiger partial charge in [0.2, 0.25) is 5.76 Å². The van der Waals surface area contributed by atoms with Crippen molar-refractivity contribution in [3.05, 3.63) is 53.0 Å². The molecule has 9 nitrogen and oxygen atoms in total. The Kier molecular flexibility index (Phi) is 6.17. The van der Waals surface area contributed by atoms with Crippen LogP contribution in [0.15, 0.2) is 40.3 Å². The van der Waals surface area contributed by atoms with Crippen LogP contribution in [0.4, 0.5) is 0 Å². The molecule has 1 aromatic heterocycles. The normalized spacial score (nSPS) is 15.2. The molecule has 0 aliphatic carbocycles. The molecule has 156 valence electrons. The molecule has 1 N–H and O–H groups in total. The maximum atomic E-state index is 12.3. The first-order valence-corrected chi connectivity index (χ1v) is 9.07. The highest BCUT2D eigenvalue weighted by atomic mass is 32.1. The summed E-state index contributed by atoms with van der Waals surface area (Å²) in [6.45, 7) is 0.0525. The van der Waals surface area contributed by atoms with E-state index in [0.29, 0.717) is 22.8 Å². The van der Waals surface area contributed by atoms with Gasteiger partial charge in [0, 0.05) is 7.05 Å². The van der Waals surface area contributed by atoms with Gasteiger partial charge in [-0.3, -0.25) is 19.8 Å². The van der Waals surface area contributed by atoms with Crippen LogP contribution >= 0.6 is 12.2 Å². The minimum absolute atomic E-state index is 0.0484. The lowest BCUT2D eigenvalue weighted by molar-refractivity contribution is -0.128. The van der Waals surface area contributed by atoms with Crippen LogP contribution in [0.25, 0.3) is 6.08 Å². The molecule has 1 fully saturated rings. The quantitative estimate of drug-likeness (QED) is 0.321.